The van der Waals surface area contributed by atoms with Crippen molar-refractivity contribution in [2.75, 3.05) is 24.2 Å². The van der Waals surface area contributed by atoms with Crippen molar-refractivity contribution in [1.29, 1.82) is 0 Å². The molecule has 0 saturated heterocycles. The third kappa shape index (κ3) is 6.49. The summed E-state index contributed by atoms with van der Waals surface area (Å²) >= 11 is 0. The molecule has 0 bridgehead atoms. The highest BCUT2D eigenvalue weighted by Gasteiger charge is 2.19. The summed E-state index contributed by atoms with van der Waals surface area (Å²) in [6.07, 6.45) is 2.64. The van der Waals surface area contributed by atoms with E-state index in [-0.39, 0.29) is 24.9 Å². The van der Waals surface area contributed by atoms with Crippen LogP contribution in [0.25, 0.3) is 0 Å². The van der Waals surface area contributed by atoms with Crippen LogP contribution >= 0.6 is 0 Å². The van der Waals surface area contributed by atoms with E-state index in [0.717, 1.165) is 17.5 Å². The van der Waals surface area contributed by atoms with Crippen molar-refractivity contribution in [3.05, 3.63) is 59.7 Å². The highest BCUT2D eigenvalue weighted by atomic mass is 32.2. The second-order valence-corrected chi connectivity index (χ2v) is 8.93. The largest absolute Gasteiger partial charge is 0.497 e. The molecule has 2 aromatic rings. The number of rotatable bonds is 10. The molecule has 1 amide bonds. The zero-order chi connectivity index (χ0) is 21.4. The molecule has 0 fully saturated rings. The summed E-state index contributed by atoms with van der Waals surface area (Å²) in [5, 5.41) is 3.07. The van der Waals surface area contributed by atoms with Gasteiger partial charge in [0.2, 0.25) is 15.9 Å². The van der Waals surface area contributed by atoms with E-state index >= 15 is 0 Å². The number of sulfonamides is 1. The molecule has 0 aliphatic carbocycles. The first-order chi connectivity index (χ1) is 13.8. The molecule has 6 nitrogen and oxygen atoms in total. The molecule has 158 valence electrons. The van der Waals surface area contributed by atoms with Crippen LogP contribution in [0.5, 0.6) is 5.75 Å². The molecule has 2 rings (SSSR count). The van der Waals surface area contributed by atoms with Gasteiger partial charge in [-0.1, -0.05) is 31.2 Å². The summed E-state index contributed by atoms with van der Waals surface area (Å²) in [5.41, 5.74) is 2.81. The summed E-state index contributed by atoms with van der Waals surface area (Å²) in [6.45, 7) is 4.30. The van der Waals surface area contributed by atoms with Crippen LogP contribution in [0.3, 0.4) is 0 Å². The van der Waals surface area contributed by atoms with E-state index in [0.29, 0.717) is 17.9 Å². The number of amides is 1. The Morgan fingerprint density at radius 2 is 1.79 bits per heavy atom. The van der Waals surface area contributed by atoms with Gasteiger partial charge in [0.1, 0.15) is 5.75 Å². The lowest BCUT2D eigenvalue weighted by Crippen LogP contribution is -2.33. The van der Waals surface area contributed by atoms with Gasteiger partial charge in [-0.05, 0) is 55.2 Å². The number of hydrogen-bond acceptors (Lipinski definition) is 4. The fraction of sp³-hybridized carbons (Fsp3) is 0.409. The van der Waals surface area contributed by atoms with E-state index in [1.165, 1.54) is 10.6 Å². The van der Waals surface area contributed by atoms with E-state index in [9.17, 15) is 13.2 Å². The molecule has 0 aromatic heterocycles. The number of ether oxygens (including phenoxy) is 1. The van der Waals surface area contributed by atoms with Crippen LogP contribution in [0.2, 0.25) is 0 Å². The number of aryl methyl sites for hydroxylation is 1. The van der Waals surface area contributed by atoms with E-state index in [1.807, 2.05) is 38.1 Å². The maximum absolute atomic E-state index is 12.5. The smallest absolute Gasteiger partial charge is 0.232 e. The van der Waals surface area contributed by atoms with Crippen molar-refractivity contribution in [3.63, 3.8) is 0 Å². The maximum Gasteiger partial charge on any atom is 0.232 e. The first-order valence-electron chi connectivity index (χ1n) is 9.73. The lowest BCUT2D eigenvalue weighted by molar-refractivity contribution is -0.121. The number of carbonyl (C=O) groups excluding carboxylic acids is 1. The summed E-state index contributed by atoms with van der Waals surface area (Å²) in [4.78, 5) is 12.5. The standard InChI is InChI=1S/C22H30N2O4S/c1-5-21(20-10-7-6-9-17(20)2)23-22(25)11-8-16-24(29(4,26)27)18-12-14-19(28-3)15-13-18/h6-7,9-10,12-15,21H,5,8,11,16H2,1-4H3,(H,23,25)/t21-/m0/s1. The quantitative estimate of drug-likeness (QED) is 0.636. The maximum atomic E-state index is 12.5. The summed E-state index contributed by atoms with van der Waals surface area (Å²) in [5.74, 6) is 0.576. The van der Waals surface area contributed by atoms with Crippen LogP contribution in [0.4, 0.5) is 5.69 Å². The van der Waals surface area contributed by atoms with Crippen LogP contribution in [0.15, 0.2) is 48.5 Å². The third-order valence-corrected chi connectivity index (χ3v) is 6.03. The molecular formula is C22H30N2O4S. The van der Waals surface area contributed by atoms with Gasteiger partial charge in [0, 0.05) is 13.0 Å². The lowest BCUT2D eigenvalue weighted by atomic mass is 9.99. The van der Waals surface area contributed by atoms with Crippen molar-refractivity contribution in [1.82, 2.24) is 5.32 Å². The highest BCUT2D eigenvalue weighted by Crippen LogP contribution is 2.23. The third-order valence-electron chi connectivity index (χ3n) is 4.83. The van der Waals surface area contributed by atoms with Gasteiger partial charge in [0.05, 0.1) is 25.1 Å². The summed E-state index contributed by atoms with van der Waals surface area (Å²) in [6, 6.07) is 14.8. The van der Waals surface area contributed by atoms with Crippen molar-refractivity contribution in [2.24, 2.45) is 0 Å². The molecule has 0 heterocycles. The number of benzene rings is 2. The first-order valence-corrected chi connectivity index (χ1v) is 11.6. The minimum absolute atomic E-state index is 0.0451. The molecule has 0 spiro atoms. The summed E-state index contributed by atoms with van der Waals surface area (Å²) < 4.78 is 30.8. The Kier molecular flexibility index (Phi) is 8.08. The van der Waals surface area contributed by atoms with Gasteiger partial charge in [0.15, 0.2) is 0 Å². The van der Waals surface area contributed by atoms with Crippen LogP contribution in [0.1, 0.15) is 43.4 Å². The minimum atomic E-state index is -3.45. The molecule has 1 N–H and O–H groups in total. The SMILES string of the molecule is CC[C@H](NC(=O)CCCN(c1ccc(OC)cc1)S(C)(=O)=O)c1ccccc1C. The Bertz CT molecular complexity index is 911. The van der Waals surface area contributed by atoms with Gasteiger partial charge in [-0.25, -0.2) is 8.42 Å². The van der Waals surface area contributed by atoms with Gasteiger partial charge in [-0.15, -0.1) is 0 Å². The Morgan fingerprint density at radius 3 is 2.34 bits per heavy atom. The van der Waals surface area contributed by atoms with Crippen LogP contribution in [0, 0.1) is 6.92 Å². The molecular weight excluding hydrogens is 388 g/mol. The number of hydrogen-bond donors (Lipinski definition) is 1. The van der Waals surface area contributed by atoms with Gasteiger partial charge in [-0.3, -0.25) is 9.10 Å². The van der Waals surface area contributed by atoms with Gasteiger partial charge in [-0.2, -0.15) is 0 Å². The van der Waals surface area contributed by atoms with Crippen LogP contribution < -0.4 is 14.4 Å². The van der Waals surface area contributed by atoms with Crippen molar-refractivity contribution in [2.45, 2.75) is 39.2 Å². The molecule has 7 heteroatoms. The van der Waals surface area contributed by atoms with Gasteiger partial charge >= 0.3 is 0 Å². The molecule has 0 aliphatic heterocycles. The fourth-order valence-electron chi connectivity index (χ4n) is 3.26. The van der Waals surface area contributed by atoms with Crippen molar-refractivity contribution < 1.29 is 17.9 Å². The second kappa shape index (κ2) is 10.3. The van der Waals surface area contributed by atoms with Crippen molar-refractivity contribution in [3.8, 4) is 5.75 Å². The Morgan fingerprint density at radius 1 is 1.14 bits per heavy atom. The van der Waals surface area contributed by atoms with E-state index in [1.54, 1.807) is 31.4 Å². The first kappa shape index (κ1) is 22.7. The van der Waals surface area contributed by atoms with Crippen LogP contribution in [-0.2, 0) is 14.8 Å². The predicted molar refractivity (Wildman–Crippen MR) is 117 cm³/mol. The van der Waals surface area contributed by atoms with E-state index in [2.05, 4.69) is 5.32 Å². The lowest BCUT2D eigenvalue weighted by Gasteiger charge is -2.23. The fourth-order valence-corrected chi connectivity index (χ4v) is 4.23. The molecule has 0 saturated carbocycles. The summed E-state index contributed by atoms with van der Waals surface area (Å²) in [7, 11) is -1.89. The van der Waals surface area contributed by atoms with Crippen LogP contribution in [-0.4, -0.2) is 34.2 Å². The number of methoxy groups -OCH3 is 1. The van der Waals surface area contributed by atoms with Gasteiger partial charge < -0.3 is 10.1 Å². The Labute approximate surface area is 173 Å². The normalized spacial score (nSPS) is 12.3. The number of nitrogens with one attached hydrogen (secondary N) is 1. The minimum Gasteiger partial charge on any atom is -0.497 e. The van der Waals surface area contributed by atoms with E-state index < -0.39 is 10.0 Å². The van der Waals surface area contributed by atoms with Crippen molar-refractivity contribution >= 4 is 21.6 Å². The second-order valence-electron chi connectivity index (χ2n) is 7.02. The molecule has 0 unspecified atom stereocenters. The van der Waals surface area contributed by atoms with E-state index in [4.69, 9.17) is 4.74 Å². The average Bonchev–Trinajstić information content (AvgIpc) is 2.69. The van der Waals surface area contributed by atoms with Gasteiger partial charge in [0.25, 0.3) is 0 Å². The number of nitrogens with zero attached hydrogens (tertiary/aromatic N) is 1. The molecule has 1 atom stereocenters. The average molecular weight is 419 g/mol. The molecule has 2 aromatic carbocycles. The Hall–Kier alpha value is -2.54. The molecule has 0 aliphatic rings. The Balaban J connectivity index is 1.97. The highest BCUT2D eigenvalue weighted by molar-refractivity contribution is 7.92. The topological polar surface area (TPSA) is 75.7 Å². The zero-order valence-electron chi connectivity index (χ0n) is 17.5. The number of carbonyl (C=O) groups is 1. The predicted octanol–water partition coefficient (Wildman–Crippen LogP) is 3.82. The zero-order valence-corrected chi connectivity index (χ0v) is 18.3. The molecule has 0 radical (unpaired) electrons. The number of anilines is 1. The molecule has 29 heavy (non-hydrogen) atoms. The monoisotopic (exact) mass is 418 g/mol.